The van der Waals surface area contributed by atoms with Gasteiger partial charge in [-0.3, -0.25) is 0 Å². The average Bonchev–Trinajstić information content (AvgIpc) is 2.27. The molecular formula is C10H16F2O2S2. The predicted molar refractivity (Wildman–Crippen MR) is 64.9 cm³/mol. The summed E-state index contributed by atoms with van der Waals surface area (Å²) in [6, 6.07) is 0. The highest BCUT2D eigenvalue weighted by Crippen LogP contribution is 2.27. The Morgan fingerprint density at radius 1 is 1.38 bits per heavy atom. The standard InChI is InChI=1S/C10H16F2O2S2/c1-16-10(15)13-6-7-2-4-8(5-3-7)14-9(11)12/h7-9H,2-6H2,1H3. The summed E-state index contributed by atoms with van der Waals surface area (Å²) in [5.74, 6) is 0.419. The van der Waals surface area contributed by atoms with Crippen LogP contribution in [0.4, 0.5) is 8.78 Å². The summed E-state index contributed by atoms with van der Waals surface area (Å²) in [5.41, 5.74) is 0. The van der Waals surface area contributed by atoms with Crippen molar-refractivity contribution >= 4 is 28.4 Å². The molecule has 16 heavy (non-hydrogen) atoms. The third-order valence-electron chi connectivity index (χ3n) is 2.69. The molecule has 1 fully saturated rings. The van der Waals surface area contributed by atoms with Gasteiger partial charge in [-0.2, -0.15) is 8.78 Å². The van der Waals surface area contributed by atoms with Gasteiger partial charge < -0.3 is 9.47 Å². The van der Waals surface area contributed by atoms with E-state index >= 15 is 0 Å². The van der Waals surface area contributed by atoms with Gasteiger partial charge in [0, 0.05) is 0 Å². The van der Waals surface area contributed by atoms with E-state index in [0.29, 0.717) is 29.7 Å². The van der Waals surface area contributed by atoms with Crippen LogP contribution in [0.5, 0.6) is 0 Å². The second-order valence-electron chi connectivity index (χ2n) is 3.80. The van der Waals surface area contributed by atoms with Gasteiger partial charge in [-0.15, -0.1) is 0 Å². The Hall–Kier alpha value is 0.0600. The van der Waals surface area contributed by atoms with Gasteiger partial charge in [0.2, 0.25) is 4.38 Å². The van der Waals surface area contributed by atoms with Gasteiger partial charge in [0.05, 0.1) is 12.7 Å². The molecule has 0 saturated heterocycles. The summed E-state index contributed by atoms with van der Waals surface area (Å²) in [6.07, 6.45) is 4.69. The summed E-state index contributed by atoms with van der Waals surface area (Å²) < 4.78 is 34.3. The molecule has 0 atom stereocenters. The van der Waals surface area contributed by atoms with Crippen LogP contribution in [0.2, 0.25) is 0 Å². The summed E-state index contributed by atoms with van der Waals surface area (Å²) in [4.78, 5) is 0. The van der Waals surface area contributed by atoms with Crippen LogP contribution < -0.4 is 0 Å². The van der Waals surface area contributed by atoms with Crippen molar-refractivity contribution in [3.63, 3.8) is 0 Å². The van der Waals surface area contributed by atoms with Crippen LogP contribution in [0.1, 0.15) is 25.7 Å². The Morgan fingerprint density at radius 3 is 2.50 bits per heavy atom. The fourth-order valence-electron chi connectivity index (χ4n) is 1.82. The molecule has 0 amide bonds. The molecular weight excluding hydrogens is 254 g/mol. The number of thioether (sulfide) groups is 1. The van der Waals surface area contributed by atoms with E-state index in [1.54, 1.807) is 0 Å². The van der Waals surface area contributed by atoms with Gasteiger partial charge in [0.15, 0.2) is 0 Å². The Morgan fingerprint density at radius 2 is 2.00 bits per heavy atom. The van der Waals surface area contributed by atoms with Crippen LogP contribution in [-0.2, 0) is 9.47 Å². The van der Waals surface area contributed by atoms with Gasteiger partial charge >= 0.3 is 6.61 Å². The number of rotatable bonds is 4. The minimum Gasteiger partial charge on any atom is -0.478 e. The summed E-state index contributed by atoms with van der Waals surface area (Å²) >= 11 is 6.33. The molecule has 0 radical (unpaired) electrons. The van der Waals surface area contributed by atoms with Crippen LogP contribution in [0, 0.1) is 5.92 Å². The zero-order valence-corrected chi connectivity index (χ0v) is 10.8. The topological polar surface area (TPSA) is 18.5 Å². The van der Waals surface area contributed by atoms with E-state index in [4.69, 9.17) is 17.0 Å². The molecule has 1 aliphatic rings. The highest BCUT2D eigenvalue weighted by Gasteiger charge is 2.24. The van der Waals surface area contributed by atoms with Crippen molar-refractivity contribution in [3.05, 3.63) is 0 Å². The molecule has 94 valence electrons. The number of thiocarbonyl (C=S) groups is 1. The lowest BCUT2D eigenvalue weighted by atomic mass is 9.88. The predicted octanol–water partition coefficient (Wildman–Crippen LogP) is 3.45. The van der Waals surface area contributed by atoms with Crippen molar-refractivity contribution in [3.8, 4) is 0 Å². The van der Waals surface area contributed by atoms with Crippen molar-refractivity contribution in [2.24, 2.45) is 5.92 Å². The highest BCUT2D eigenvalue weighted by atomic mass is 32.2. The Labute approximate surface area is 104 Å². The molecule has 0 aromatic heterocycles. The molecule has 2 nitrogen and oxygen atoms in total. The van der Waals surface area contributed by atoms with Crippen LogP contribution in [0.15, 0.2) is 0 Å². The number of ether oxygens (including phenoxy) is 2. The van der Waals surface area contributed by atoms with Crippen molar-refractivity contribution in [2.45, 2.75) is 38.4 Å². The molecule has 1 saturated carbocycles. The lowest BCUT2D eigenvalue weighted by molar-refractivity contribution is -0.171. The fourth-order valence-corrected chi connectivity index (χ4v) is 2.08. The summed E-state index contributed by atoms with van der Waals surface area (Å²) in [6.45, 7) is -2.05. The van der Waals surface area contributed by atoms with E-state index in [1.165, 1.54) is 11.8 Å². The largest absolute Gasteiger partial charge is 0.478 e. The molecule has 0 bridgehead atoms. The first-order valence-electron chi connectivity index (χ1n) is 5.26. The van der Waals surface area contributed by atoms with Crippen molar-refractivity contribution in [1.29, 1.82) is 0 Å². The van der Waals surface area contributed by atoms with E-state index in [-0.39, 0.29) is 6.10 Å². The van der Waals surface area contributed by atoms with E-state index in [2.05, 4.69) is 4.74 Å². The van der Waals surface area contributed by atoms with Crippen LogP contribution in [-0.4, -0.2) is 30.0 Å². The number of halogens is 2. The smallest absolute Gasteiger partial charge is 0.345 e. The first-order chi connectivity index (χ1) is 7.61. The van der Waals surface area contributed by atoms with Gasteiger partial charge in [-0.05, 0) is 50.1 Å². The number of hydrogen-bond donors (Lipinski definition) is 0. The van der Waals surface area contributed by atoms with Crippen molar-refractivity contribution in [1.82, 2.24) is 0 Å². The molecule has 6 heteroatoms. The van der Waals surface area contributed by atoms with E-state index in [0.717, 1.165) is 12.8 Å². The summed E-state index contributed by atoms with van der Waals surface area (Å²) in [7, 11) is 0. The zero-order chi connectivity index (χ0) is 12.0. The van der Waals surface area contributed by atoms with Crippen molar-refractivity contribution in [2.75, 3.05) is 12.9 Å². The molecule has 1 aliphatic carbocycles. The van der Waals surface area contributed by atoms with E-state index < -0.39 is 6.61 Å². The summed E-state index contributed by atoms with van der Waals surface area (Å²) in [5, 5.41) is 0. The molecule has 0 aromatic carbocycles. The van der Waals surface area contributed by atoms with Crippen molar-refractivity contribution < 1.29 is 18.3 Å². The number of hydrogen-bond acceptors (Lipinski definition) is 4. The van der Waals surface area contributed by atoms with Crippen LogP contribution in [0.25, 0.3) is 0 Å². The quantitative estimate of drug-likeness (QED) is 0.728. The van der Waals surface area contributed by atoms with Gasteiger partial charge in [-0.25, -0.2) is 0 Å². The number of alkyl halides is 2. The molecule has 0 heterocycles. The maximum Gasteiger partial charge on any atom is 0.345 e. The van der Waals surface area contributed by atoms with Crippen LogP contribution >= 0.6 is 24.0 Å². The van der Waals surface area contributed by atoms with Gasteiger partial charge in [-0.1, -0.05) is 11.8 Å². The average molecular weight is 270 g/mol. The Kier molecular flexibility index (Phi) is 6.53. The Bertz CT molecular complexity index is 219. The third kappa shape index (κ3) is 5.41. The first kappa shape index (κ1) is 14.1. The molecule has 0 spiro atoms. The normalized spacial score (nSPS) is 25.8. The SMILES string of the molecule is CSC(=S)OCC1CCC(OC(F)F)CC1. The minimum atomic E-state index is -2.65. The molecule has 0 aliphatic heterocycles. The molecule has 0 aromatic rings. The second kappa shape index (κ2) is 7.40. The van der Waals surface area contributed by atoms with E-state index in [9.17, 15) is 8.78 Å². The third-order valence-corrected chi connectivity index (χ3v) is 3.76. The van der Waals surface area contributed by atoms with Gasteiger partial charge in [0.25, 0.3) is 0 Å². The maximum atomic E-state index is 11.9. The lowest BCUT2D eigenvalue weighted by Crippen LogP contribution is -2.26. The highest BCUT2D eigenvalue weighted by molar-refractivity contribution is 8.22. The minimum absolute atomic E-state index is 0.288. The van der Waals surface area contributed by atoms with Gasteiger partial charge in [0.1, 0.15) is 0 Å². The lowest BCUT2D eigenvalue weighted by Gasteiger charge is -2.27. The maximum absolute atomic E-state index is 11.9. The monoisotopic (exact) mass is 270 g/mol. The molecule has 0 N–H and O–H groups in total. The van der Waals surface area contributed by atoms with E-state index in [1.807, 2.05) is 6.26 Å². The first-order valence-corrected chi connectivity index (χ1v) is 6.89. The molecule has 1 rings (SSSR count). The Balaban J connectivity index is 2.14. The zero-order valence-electron chi connectivity index (χ0n) is 9.16. The fraction of sp³-hybridized carbons (Fsp3) is 0.900. The second-order valence-corrected chi connectivity index (χ2v) is 5.21. The van der Waals surface area contributed by atoms with Crippen LogP contribution in [0.3, 0.4) is 0 Å². The molecule has 0 unspecified atom stereocenters.